The topological polar surface area (TPSA) is 90.8 Å². The van der Waals surface area contributed by atoms with E-state index < -0.39 is 23.7 Å². The number of carbonyl (C=O) groups is 1. The Labute approximate surface area is 198 Å². The minimum absolute atomic E-state index is 0.0253. The summed E-state index contributed by atoms with van der Waals surface area (Å²) < 4.78 is 39.3. The van der Waals surface area contributed by atoms with Crippen molar-refractivity contribution in [2.75, 3.05) is 10.6 Å². The van der Waals surface area contributed by atoms with E-state index >= 15 is 0 Å². The molecular weight excluding hydrogens is 459 g/mol. The van der Waals surface area contributed by atoms with Crippen molar-refractivity contribution in [1.82, 2.24) is 0 Å². The largest absolute Gasteiger partial charge is 0.505 e. The molecule has 4 aromatic carbocycles. The SMILES string of the molecule is O=Nc1cc(N[C@H](Cc2ccccc2)C(=O)Nc2cccc(C(F)(F)F)c2)c(O)c2ccccc12. The van der Waals surface area contributed by atoms with Crippen LogP contribution in [0.2, 0.25) is 0 Å². The molecule has 0 aliphatic rings. The van der Waals surface area contributed by atoms with E-state index in [0.29, 0.717) is 10.8 Å². The molecule has 0 aromatic heterocycles. The van der Waals surface area contributed by atoms with Crippen LogP contribution in [0.15, 0.2) is 90.1 Å². The van der Waals surface area contributed by atoms with E-state index in [1.54, 1.807) is 48.5 Å². The summed E-state index contributed by atoms with van der Waals surface area (Å²) in [5, 5.41) is 20.1. The van der Waals surface area contributed by atoms with Gasteiger partial charge in [0, 0.05) is 22.9 Å². The monoisotopic (exact) mass is 479 g/mol. The molecule has 1 atom stereocenters. The molecule has 6 nitrogen and oxygen atoms in total. The van der Waals surface area contributed by atoms with Gasteiger partial charge in [0.2, 0.25) is 5.91 Å². The molecule has 3 N–H and O–H groups in total. The lowest BCUT2D eigenvalue weighted by Crippen LogP contribution is -2.36. The van der Waals surface area contributed by atoms with Crippen LogP contribution < -0.4 is 10.6 Å². The molecular formula is C26H20F3N3O3. The van der Waals surface area contributed by atoms with E-state index in [0.717, 1.165) is 17.7 Å². The van der Waals surface area contributed by atoms with Gasteiger partial charge in [0.1, 0.15) is 17.5 Å². The minimum Gasteiger partial charge on any atom is -0.505 e. The van der Waals surface area contributed by atoms with E-state index in [1.165, 1.54) is 18.2 Å². The quantitative estimate of drug-likeness (QED) is 0.205. The van der Waals surface area contributed by atoms with Gasteiger partial charge in [0.25, 0.3) is 0 Å². The van der Waals surface area contributed by atoms with E-state index in [2.05, 4.69) is 15.8 Å². The molecule has 4 rings (SSSR count). The molecule has 9 heteroatoms. The van der Waals surface area contributed by atoms with Crippen molar-refractivity contribution in [3.8, 4) is 5.75 Å². The fourth-order valence-corrected chi connectivity index (χ4v) is 3.78. The molecule has 0 aliphatic heterocycles. The number of nitroso groups, excluding NO2 is 1. The van der Waals surface area contributed by atoms with Gasteiger partial charge in [-0.25, -0.2) is 0 Å². The first kappa shape index (κ1) is 23.7. The molecule has 1 amide bonds. The van der Waals surface area contributed by atoms with Crippen LogP contribution in [-0.2, 0) is 17.4 Å². The highest BCUT2D eigenvalue weighted by molar-refractivity contribution is 6.02. The molecule has 0 fully saturated rings. The molecule has 0 saturated carbocycles. The van der Waals surface area contributed by atoms with Crippen molar-refractivity contribution in [3.05, 3.63) is 101 Å². The van der Waals surface area contributed by atoms with Crippen LogP contribution in [0.3, 0.4) is 0 Å². The van der Waals surface area contributed by atoms with Crippen LogP contribution in [0.4, 0.5) is 30.2 Å². The minimum atomic E-state index is -4.56. The molecule has 178 valence electrons. The van der Waals surface area contributed by atoms with Gasteiger partial charge in [-0.2, -0.15) is 13.2 Å². The maximum absolute atomic E-state index is 13.2. The number of nitrogens with zero attached hydrogens (tertiary/aromatic N) is 1. The van der Waals surface area contributed by atoms with Crippen molar-refractivity contribution in [2.24, 2.45) is 5.18 Å². The highest BCUT2D eigenvalue weighted by Gasteiger charge is 2.31. The Morgan fingerprint density at radius 2 is 1.60 bits per heavy atom. The van der Waals surface area contributed by atoms with E-state index in [1.807, 2.05) is 6.07 Å². The number of fused-ring (bicyclic) bond motifs is 1. The second-order valence-electron chi connectivity index (χ2n) is 7.88. The molecule has 0 saturated heterocycles. The van der Waals surface area contributed by atoms with Crippen molar-refractivity contribution in [2.45, 2.75) is 18.6 Å². The number of phenolic OH excluding ortho intramolecular Hbond substituents is 1. The summed E-state index contributed by atoms with van der Waals surface area (Å²) in [5.41, 5.74) is 0.0219. The van der Waals surface area contributed by atoms with Gasteiger partial charge < -0.3 is 15.7 Å². The average Bonchev–Trinajstić information content (AvgIpc) is 2.85. The number of amides is 1. The number of alkyl halides is 3. The smallest absolute Gasteiger partial charge is 0.416 e. The molecule has 0 unspecified atom stereocenters. The summed E-state index contributed by atoms with van der Waals surface area (Å²) in [5.74, 6) is -0.806. The van der Waals surface area contributed by atoms with E-state index in [-0.39, 0.29) is 29.2 Å². The maximum Gasteiger partial charge on any atom is 0.416 e. The first-order chi connectivity index (χ1) is 16.8. The molecule has 0 bridgehead atoms. The molecule has 0 heterocycles. The zero-order valence-electron chi connectivity index (χ0n) is 18.2. The Balaban J connectivity index is 1.68. The Morgan fingerprint density at radius 3 is 2.29 bits per heavy atom. The highest BCUT2D eigenvalue weighted by Crippen LogP contribution is 2.39. The number of hydrogen-bond donors (Lipinski definition) is 3. The van der Waals surface area contributed by atoms with Crippen LogP contribution >= 0.6 is 0 Å². The standard InChI is InChI=1S/C26H20F3N3O3/c27-26(28,29)17-9-6-10-18(14-17)30-25(34)23(13-16-7-2-1-3-8-16)31-22-15-21(32-35)19-11-4-5-12-20(19)24(22)33/h1-12,14-15,23,31,33H,13H2,(H,30,34)/t23-/m1/s1. The Bertz CT molecular complexity index is 1370. The predicted octanol–water partition coefficient (Wildman–Crippen LogP) is 6.62. The summed E-state index contributed by atoms with van der Waals surface area (Å²) in [6.07, 6.45) is -4.40. The first-order valence-electron chi connectivity index (χ1n) is 10.6. The third-order valence-electron chi connectivity index (χ3n) is 5.48. The summed E-state index contributed by atoms with van der Waals surface area (Å²) >= 11 is 0. The third-order valence-corrected chi connectivity index (χ3v) is 5.48. The third kappa shape index (κ3) is 5.40. The summed E-state index contributed by atoms with van der Waals surface area (Å²) in [4.78, 5) is 24.6. The summed E-state index contributed by atoms with van der Waals surface area (Å²) in [6, 6.07) is 20.3. The van der Waals surface area contributed by atoms with Crippen LogP contribution in [0.5, 0.6) is 5.75 Å². The Morgan fingerprint density at radius 1 is 0.914 bits per heavy atom. The fourth-order valence-electron chi connectivity index (χ4n) is 3.78. The zero-order valence-corrected chi connectivity index (χ0v) is 18.2. The number of rotatable bonds is 7. The van der Waals surface area contributed by atoms with Crippen LogP contribution in [0, 0.1) is 4.91 Å². The normalized spacial score (nSPS) is 12.2. The molecule has 0 spiro atoms. The van der Waals surface area contributed by atoms with Crippen molar-refractivity contribution in [3.63, 3.8) is 0 Å². The number of aromatic hydroxyl groups is 1. The lowest BCUT2D eigenvalue weighted by Gasteiger charge is -2.21. The van der Waals surface area contributed by atoms with Crippen LogP contribution in [0.1, 0.15) is 11.1 Å². The summed E-state index contributed by atoms with van der Waals surface area (Å²) in [6.45, 7) is 0. The lowest BCUT2D eigenvalue weighted by atomic mass is 10.0. The molecule has 35 heavy (non-hydrogen) atoms. The van der Waals surface area contributed by atoms with Crippen LogP contribution in [-0.4, -0.2) is 17.1 Å². The highest BCUT2D eigenvalue weighted by atomic mass is 19.4. The number of halogens is 3. The van der Waals surface area contributed by atoms with Gasteiger partial charge in [-0.3, -0.25) is 4.79 Å². The van der Waals surface area contributed by atoms with Crippen molar-refractivity contribution in [1.29, 1.82) is 0 Å². The van der Waals surface area contributed by atoms with E-state index in [4.69, 9.17) is 0 Å². The maximum atomic E-state index is 13.2. The second-order valence-corrected chi connectivity index (χ2v) is 7.88. The Kier molecular flexibility index (Phi) is 6.68. The number of anilines is 2. The van der Waals surface area contributed by atoms with Crippen LogP contribution in [0.25, 0.3) is 10.8 Å². The average molecular weight is 479 g/mol. The first-order valence-corrected chi connectivity index (χ1v) is 10.6. The number of nitrogens with one attached hydrogen (secondary N) is 2. The van der Waals surface area contributed by atoms with Crippen molar-refractivity contribution >= 4 is 33.7 Å². The number of carbonyl (C=O) groups excluding carboxylic acids is 1. The van der Waals surface area contributed by atoms with E-state index in [9.17, 15) is 28.0 Å². The van der Waals surface area contributed by atoms with Gasteiger partial charge in [-0.1, -0.05) is 60.7 Å². The van der Waals surface area contributed by atoms with Gasteiger partial charge in [0.15, 0.2) is 0 Å². The van der Waals surface area contributed by atoms with Gasteiger partial charge in [-0.15, -0.1) is 4.91 Å². The number of hydrogen-bond acceptors (Lipinski definition) is 5. The molecule has 4 aromatic rings. The zero-order chi connectivity index (χ0) is 25.0. The number of phenols is 1. The van der Waals surface area contributed by atoms with Gasteiger partial charge in [0.05, 0.1) is 11.3 Å². The molecule has 0 aliphatic carbocycles. The van der Waals surface area contributed by atoms with Gasteiger partial charge >= 0.3 is 6.18 Å². The molecule has 0 radical (unpaired) electrons. The lowest BCUT2D eigenvalue weighted by molar-refractivity contribution is -0.137. The fraction of sp³-hybridized carbons (Fsp3) is 0.115. The number of benzene rings is 4. The van der Waals surface area contributed by atoms with Gasteiger partial charge in [-0.05, 0) is 35.0 Å². The van der Waals surface area contributed by atoms with Crippen molar-refractivity contribution < 1.29 is 23.1 Å². The Hall–Kier alpha value is -4.40. The second kappa shape index (κ2) is 9.84. The predicted molar refractivity (Wildman–Crippen MR) is 129 cm³/mol. The summed E-state index contributed by atoms with van der Waals surface area (Å²) in [7, 11) is 0.